The summed E-state index contributed by atoms with van der Waals surface area (Å²) in [6.07, 6.45) is 9.10. The fourth-order valence-corrected chi connectivity index (χ4v) is 4.31. The number of hydrogen-bond donors (Lipinski definition) is 1. The summed E-state index contributed by atoms with van der Waals surface area (Å²) in [5.74, 6) is 0.485. The first-order valence-corrected chi connectivity index (χ1v) is 7.30. The van der Waals surface area contributed by atoms with Crippen LogP contribution in [0.2, 0.25) is 0 Å². The predicted molar refractivity (Wildman–Crippen MR) is 67.8 cm³/mol. The van der Waals surface area contributed by atoms with E-state index in [4.69, 9.17) is 4.74 Å². The van der Waals surface area contributed by atoms with Gasteiger partial charge in [-0.3, -0.25) is 0 Å². The summed E-state index contributed by atoms with van der Waals surface area (Å²) in [6.45, 7) is 5.46. The third-order valence-electron chi connectivity index (χ3n) is 5.54. The van der Waals surface area contributed by atoms with E-state index in [1.54, 1.807) is 0 Å². The Morgan fingerprint density at radius 2 is 1.88 bits per heavy atom. The van der Waals surface area contributed by atoms with Gasteiger partial charge in [0.25, 0.3) is 0 Å². The Balaban J connectivity index is 1.71. The second-order valence-corrected chi connectivity index (χ2v) is 7.52. The maximum Gasteiger partial charge on any atom is 0.0686 e. The Morgan fingerprint density at radius 1 is 1.12 bits per heavy atom. The second kappa shape index (κ2) is 3.71. The van der Waals surface area contributed by atoms with Gasteiger partial charge in [-0.05, 0) is 62.7 Å². The molecule has 0 aromatic heterocycles. The molecule has 0 amide bonds. The van der Waals surface area contributed by atoms with E-state index in [2.05, 4.69) is 13.8 Å². The summed E-state index contributed by atoms with van der Waals surface area (Å²) in [5, 5.41) is 10.9. The van der Waals surface area contributed by atoms with Crippen molar-refractivity contribution in [1.82, 2.24) is 0 Å². The van der Waals surface area contributed by atoms with E-state index < -0.39 is 5.60 Å². The average molecular weight is 238 g/mol. The van der Waals surface area contributed by atoms with Crippen molar-refractivity contribution < 1.29 is 9.84 Å². The normalized spacial score (nSPS) is 43.6. The largest absolute Gasteiger partial charge is 0.390 e. The molecule has 1 saturated heterocycles. The standard InChI is InChI=1S/C15H26O2/c1-13(2)7-8-15(16,11-13)12-4-9-17-14(10-12)5-3-6-14/h12,16H,3-11H2,1-2H3. The molecular weight excluding hydrogens is 212 g/mol. The Bertz CT molecular complexity index is 306. The van der Waals surface area contributed by atoms with Gasteiger partial charge in [0, 0.05) is 6.61 Å². The van der Waals surface area contributed by atoms with Crippen LogP contribution >= 0.6 is 0 Å². The topological polar surface area (TPSA) is 29.5 Å². The summed E-state index contributed by atoms with van der Waals surface area (Å²) in [5.41, 5.74) is 0.112. The highest BCUT2D eigenvalue weighted by molar-refractivity contribution is 5.03. The average Bonchev–Trinajstić information content (AvgIpc) is 2.52. The zero-order chi connectivity index (χ0) is 12.1. The minimum Gasteiger partial charge on any atom is -0.390 e. The van der Waals surface area contributed by atoms with E-state index in [1.807, 2.05) is 0 Å². The molecule has 2 nitrogen and oxygen atoms in total. The van der Waals surface area contributed by atoms with Gasteiger partial charge in [-0.2, -0.15) is 0 Å². The van der Waals surface area contributed by atoms with Crippen LogP contribution < -0.4 is 0 Å². The highest BCUT2D eigenvalue weighted by Crippen LogP contribution is 2.53. The van der Waals surface area contributed by atoms with Crippen LogP contribution in [0.15, 0.2) is 0 Å². The lowest BCUT2D eigenvalue weighted by Gasteiger charge is -2.50. The van der Waals surface area contributed by atoms with Crippen LogP contribution in [-0.4, -0.2) is 22.9 Å². The van der Waals surface area contributed by atoms with E-state index in [1.165, 1.54) is 25.7 Å². The van der Waals surface area contributed by atoms with Crippen molar-refractivity contribution in [3.8, 4) is 0 Å². The third-order valence-corrected chi connectivity index (χ3v) is 5.54. The molecule has 2 saturated carbocycles. The lowest BCUT2D eigenvalue weighted by atomic mass is 9.67. The van der Waals surface area contributed by atoms with Gasteiger partial charge in [0.1, 0.15) is 0 Å². The molecule has 2 atom stereocenters. The number of hydrogen-bond acceptors (Lipinski definition) is 2. The molecule has 0 aromatic carbocycles. The van der Waals surface area contributed by atoms with Crippen LogP contribution in [0.4, 0.5) is 0 Å². The molecule has 0 aromatic rings. The molecule has 3 rings (SSSR count). The van der Waals surface area contributed by atoms with E-state index in [0.29, 0.717) is 11.3 Å². The van der Waals surface area contributed by atoms with Crippen molar-refractivity contribution >= 4 is 0 Å². The SMILES string of the molecule is CC1(C)CCC(O)(C2CCOC3(CCC3)C2)C1. The Labute approximate surface area is 105 Å². The second-order valence-electron chi connectivity index (χ2n) is 7.52. The van der Waals surface area contributed by atoms with Crippen LogP contribution in [-0.2, 0) is 4.74 Å². The van der Waals surface area contributed by atoms with Crippen molar-refractivity contribution in [1.29, 1.82) is 0 Å². The van der Waals surface area contributed by atoms with E-state index in [0.717, 1.165) is 32.3 Å². The summed E-state index contributed by atoms with van der Waals surface area (Å²) < 4.78 is 5.98. The quantitative estimate of drug-likeness (QED) is 0.759. The molecule has 1 N–H and O–H groups in total. The smallest absolute Gasteiger partial charge is 0.0686 e. The molecule has 0 radical (unpaired) electrons. The van der Waals surface area contributed by atoms with Crippen molar-refractivity contribution in [2.75, 3.05) is 6.61 Å². The van der Waals surface area contributed by atoms with Crippen LogP contribution in [0, 0.1) is 11.3 Å². The Hall–Kier alpha value is -0.0800. The molecule has 2 aliphatic carbocycles. The molecular formula is C15H26O2. The number of aliphatic hydroxyl groups is 1. The molecule has 1 spiro atoms. The Kier molecular flexibility index (Phi) is 2.61. The summed E-state index contributed by atoms with van der Waals surface area (Å²) >= 11 is 0. The van der Waals surface area contributed by atoms with Crippen molar-refractivity contribution in [3.05, 3.63) is 0 Å². The number of rotatable bonds is 1. The minimum absolute atomic E-state index is 0.172. The molecule has 1 heterocycles. The fraction of sp³-hybridized carbons (Fsp3) is 1.00. The lowest BCUT2D eigenvalue weighted by molar-refractivity contribution is -0.175. The van der Waals surface area contributed by atoms with Crippen molar-refractivity contribution in [3.63, 3.8) is 0 Å². The van der Waals surface area contributed by atoms with E-state index in [9.17, 15) is 5.11 Å². The third kappa shape index (κ3) is 2.04. The van der Waals surface area contributed by atoms with Gasteiger partial charge in [-0.1, -0.05) is 13.8 Å². The molecule has 3 aliphatic rings. The van der Waals surface area contributed by atoms with Gasteiger partial charge in [0.15, 0.2) is 0 Å². The maximum atomic E-state index is 10.9. The number of ether oxygens (including phenoxy) is 1. The van der Waals surface area contributed by atoms with Crippen LogP contribution in [0.5, 0.6) is 0 Å². The van der Waals surface area contributed by atoms with Crippen LogP contribution in [0.3, 0.4) is 0 Å². The van der Waals surface area contributed by atoms with Gasteiger partial charge >= 0.3 is 0 Å². The summed E-state index contributed by atoms with van der Waals surface area (Å²) in [4.78, 5) is 0. The molecule has 1 aliphatic heterocycles. The van der Waals surface area contributed by atoms with Gasteiger partial charge in [0.2, 0.25) is 0 Å². The van der Waals surface area contributed by atoms with E-state index >= 15 is 0 Å². The first-order valence-electron chi connectivity index (χ1n) is 7.30. The van der Waals surface area contributed by atoms with E-state index in [-0.39, 0.29) is 5.60 Å². The van der Waals surface area contributed by atoms with Gasteiger partial charge in [0.05, 0.1) is 11.2 Å². The molecule has 0 bridgehead atoms. The lowest BCUT2D eigenvalue weighted by Crippen LogP contribution is -2.51. The molecule has 3 fully saturated rings. The minimum atomic E-state index is -0.393. The van der Waals surface area contributed by atoms with Crippen LogP contribution in [0.25, 0.3) is 0 Å². The highest BCUT2D eigenvalue weighted by atomic mass is 16.5. The monoisotopic (exact) mass is 238 g/mol. The first kappa shape index (κ1) is 12.0. The van der Waals surface area contributed by atoms with Gasteiger partial charge < -0.3 is 9.84 Å². The molecule has 2 heteroatoms. The Morgan fingerprint density at radius 3 is 2.41 bits per heavy atom. The first-order chi connectivity index (χ1) is 7.93. The highest BCUT2D eigenvalue weighted by Gasteiger charge is 2.52. The summed E-state index contributed by atoms with van der Waals surface area (Å²) in [7, 11) is 0. The molecule has 17 heavy (non-hydrogen) atoms. The predicted octanol–water partition coefficient (Wildman–Crippen LogP) is 3.28. The van der Waals surface area contributed by atoms with Gasteiger partial charge in [-0.25, -0.2) is 0 Å². The fourth-order valence-electron chi connectivity index (χ4n) is 4.31. The molecule has 2 unspecified atom stereocenters. The maximum absolute atomic E-state index is 10.9. The van der Waals surface area contributed by atoms with Crippen molar-refractivity contribution in [2.45, 2.75) is 76.4 Å². The summed E-state index contributed by atoms with van der Waals surface area (Å²) in [6, 6.07) is 0. The molecule has 98 valence electrons. The zero-order valence-corrected chi connectivity index (χ0v) is 11.3. The van der Waals surface area contributed by atoms with Gasteiger partial charge in [-0.15, -0.1) is 0 Å². The van der Waals surface area contributed by atoms with Crippen LogP contribution in [0.1, 0.15) is 65.2 Å². The van der Waals surface area contributed by atoms with Crippen molar-refractivity contribution in [2.24, 2.45) is 11.3 Å². The zero-order valence-electron chi connectivity index (χ0n) is 11.3.